The smallest absolute Gasteiger partial charge is 0.232 e. The first-order valence-electron chi connectivity index (χ1n) is 7.14. The molecular weight excluding hydrogens is 242 g/mol. The predicted octanol–water partition coefficient (Wildman–Crippen LogP) is 0.0558. The standard InChI is InChI=1S/C14H27N3O2/c1-13(2,11-4-5-17(3)6-11)8-16-12(18)14(7-15)9-19-10-14/h11H,4-10,15H2,1-3H3,(H,16,18). The number of amides is 1. The summed E-state index contributed by atoms with van der Waals surface area (Å²) in [4.78, 5) is 14.6. The van der Waals surface area contributed by atoms with Crippen LogP contribution >= 0.6 is 0 Å². The molecule has 0 aromatic rings. The molecule has 3 N–H and O–H groups in total. The molecule has 110 valence electrons. The summed E-state index contributed by atoms with van der Waals surface area (Å²) in [5, 5.41) is 3.09. The number of nitrogens with zero attached hydrogens (tertiary/aromatic N) is 1. The lowest BCUT2D eigenvalue weighted by molar-refractivity contribution is -0.159. The van der Waals surface area contributed by atoms with Gasteiger partial charge in [-0.3, -0.25) is 4.79 Å². The van der Waals surface area contributed by atoms with Crippen LogP contribution < -0.4 is 11.1 Å². The Morgan fingerprint density at radius 3 is 2.63 bits per heavy atom. The van der Waals surface area contributed by atoms with E-state index in [-0.39, 0.29) is 11.3 Å². The molecule has 0 bridgehead atoms. The number of hydrogen-bond acceptors (Lipinski definition) is 4. The fourth-order valence-electron chi connectivity index (χ4n) is 2.90. The van der Waals surface area contributed by atoms with E-state index in [4.69, 9.17) is 10.5 Å². The lowest BCUT2D eigenvalue weighted by atomic mass is 9.77. The number of rotatable bonds is 5. The summed E-state index contributed by atoms with van der Waals surface area (Å²) in [5.74, 6) is 0.699. The second-order valence-corrected chi connectivity index (χ2v) is 6.90. The molecule has 0 saturated carbocycles. The van der Waals surface area contributed by atoms with Crippen molar-refractivity contribution in [3.05, 3.63) is 0 Å². The molecule has 1 amide bonds. The summed E-state index contributed by atoms with van der Waals surface area (Å²) in [6, 6.07) is 0. The van der Waals surface area contributed by atoms with Crippen molar-refractivity contribution in [2.45, 2.75) is 20.3 Å². The number of nitrogens with two attached hydrogens (primary N) is 1. The molecule has 0 aliphatic carbocycles. The van der Waals surface area contributed by atoms with Gasteiger partial charge in [0.15, 0.2) is 0 Å². The quantitative estimate of drug-likeness (QED) is 0.740. The summed E-state index contributed by atoms with van der Waals surface area (Å²) >= 11 is 0. The van der Waals surface area contributed by atoms with Crippen molar-refractivity contribution in [3.8, 4) is 0 Å². The van der Waals surface area contributed by atoms with E-state index in [9.17, 15) is 4.79 Å². The third-order valence-electron chi connectivity index (χ3n) is 4.83. The Kier molecular flexibility index (Phi) is 4.18. The van der Waals surface area contributed by atoms with Crippen LogP contribution in [0.4, 0.5) is 0 Å². The largest absolute Gasteiger partial charge is 0.379 e. The Hall–Kier alpha value is -0.650. The van der Waals surface area contributed by atoms with E-state index in [2.05, 4.69) is 31.1 Å². The van der Waals surface area contributed by atoms with Crippen LogP contribution in [0.25, 0.3) is 0 Å². The molecule has 0 spiro atoms. The van der Waals surface area contributed by atoms with Crippen LogP contribution in [-0.2, 0) is 9.53 Å². The molecule has 0 aromatic heterocycles. The van der Waals surface area contributed by atoms with Crippen molar-refractivity contribution in [3.63, 3.8) is 0 Å². The minimum atomic E-state index is -0.470. The second kappa shape index (κ2) is 5.38. The maximum atomic E-state index is 12.2. The van der Waals surface area contributed by atoms with Gasteiger partial charge in [-0.25, -0.2) is 0 Å². The molecule has 0 aromatic carbocycles. The highest BCUT2D eigenvalue weighted by Crippen LogP contribution is 2.34. The lowest BCUT2D eigenvalue weighted by Gasteiger charge is -2.40. The van der Waals surface area contributed by atoms with Gasteiger partial charge in [-0.2, -0.15) is 0 Å². The maximum absolute atomic E-state index is 12.2. The summed E-state index contributed by atoms with van der Waals surface area (Å²) in [7, 11) is 2.16. The van der Waals surface area contributed by atoms with Crippen molar-refractivity contribution < 1.29 is 9.53 Å². The number of nitrogens with one attached hydrogen (secondary N) is 1. The number of likely N-dealkylation sites (tertiary alicyclic amines) is 1. The van der Waals surface area contributed by atoms with Crippen molar-refractivity contribution in [1.29, 1.82) is 0 Å². The SMILES string of the molecule is CN1CCC(C(C)(C)CNC(=O)C2(CN)COC2)C1. The average Bonchev–Trinajstić information content (AvgIpc) is 2.73. The molecule has 1 atom stereocenters. The fraction of sp³-hybridized carbons (Fsp3) is 0.929. The molecule has 5 nitrogen and oxygen atoms in total. The summed E-state index contributed by atoms with van der Waals surface area (Å²) < 4.78 is 5.15. The van der Waals surface area contributed by atoms with Crippen LogP contribution in [-0.4, -0.2) is 57.2 Å². The molecular formula is C14H27N3O2. The van der Waals surface area contributed by atoms with Gasteiger partial charge in [0, 0.05) is 19.6 Å². The summed E-state index contributed by atoms with van der Waals surface area (Å²) in [6.45, 7) is 8.75. The van der Waals surface area contributed by atoms with Gasteiger partial charge in [0.05, 0.1) is 13.2 Å². The van der Waals surface area contributed by atoms with Gasteiger partial charge in [0.1, 0.15) is 5.41 Å². The van der Waals surface area contributed by atoms with Gasteiger partial charge in [0.25, 0.3) is 0 Å². The van der Waals surface area contributed by atoms with E-state index in [1.54, 1.807) is 0 Å². The monoisotopic (exact) mass is 269 g/mol. The maximum Gasteiger partial charge on any atom is 0.232 e. The highest BCUT2D eigenvalue weighted by atomic mass is 16.5. The first-order chi connectivity index (χ1) is 8.89. The number of ether oxygens (including phenoxy) is 1. The molecule has 1 unspecified atom stereocenters. The van der Waals surface area contributed by atoms with Gasteiger partial charge in [-0.05, 0) is 31.3 Å². The minimum Gasteiger partial charge on any atom is -0.379 e. The Labute approximate surface area is 115 Å². The fourth-order valence-corrected chi connectivity index (χ4v) is 2.90. The van der Waals surface area contributed by atoms with Gasteiger partial charge in [0.2, 0.25) is 5.91 Å². The van der Waals surface area contributed by atoms with E-state index >= 15 is 0 Å². The van der Waals surface area contributed by atoms with Crippen molar-refractivity contribution >= 4 is 5.91 Å². The molecule has 2 aliphatic rings. The highest BCUT2D eigenvalue weighted by molar-refractivity contribution is 5.84. The van der Waals surface area contributed by atoms with Crippen LogP contribution in [0.1, 0.15) is 20.3 Å². The summed E-state index contributed by atoms with van der Waals surface area (Å²) in [5.41, 5.74) is 5.36. The van der Waals surface area contributed by atoms with Gasteiger partial charge < -0.3 is 20.7 Å². The Bertz CT molecular complexity index is 334. The van der Waals surface area contributed by atoms with Crippen molar-refractivity contribution in [2.24, 2.45) is 22.5 Å². The Balaban J connectivity index is 1.85. The molecule has 5 heteroatoms. The van der Waals surface area contributed by atoms with Gasteiger partial charge in [-0.1, -0.05) is 13.8 Å². The zero-order valence-electron chi connectivity index (χ0n) is 12.4. The number of carbonyl (C=O) groups excluding carboxylic acids is 1. The lowest BCUT2D eigenvalue weighted by Crippen LogP contribution is -2.59. The minimum absolute atomic E-state index is 0.0562. The summed E-state index contributed by atoms with van der Waals surface area (Å²) in [6.07, 6.45) is 1.21. The molecule has 2 heterocycles. The van der Waals surface area contributed by atoms with Crippen molar-refractivity contribution in [2.75, 3.05) is 46.4 Å². The third-order valence-corrected chi connectivity index (χ3v) is 4.83. The van der Waals surface area contributed by atoms with E-state index in [1.165, 1.54) is 6.42 Å². The molecule has 2 rings (SSSR count). The normalized spacial score (nSPS) is 27.1. The Morgan fingerprint density at radius 1 is 1.53 bits per heavy atom. The average molecular weight is 269 g/mol. The number of carbonyl (C=O) groups is 1. The third kappa shape index (κ3) is 2.93. The first kappa shape index (κ1) is 14.8. The van der Waals surface area contributed by atoms with E-state index in [0.29, 0.717) is 32.2 Å². The molecule has 2 saturated heterocycles. The van der Waals surface area contributed by atoms with Gasteiger partial charge >= 0.3 is 0 Å². The number of hydrogen-bond donors (Lipinski definition) is 2. The highest BCUT2D eigenvalue weighted by Gasteiger charge is 2.45. The van der Waals surface area contributed by atoms with Crippen LogP contribution in [0.15, 0.2) is 0 Å². The van der Waals surface area contributed by atoms with E-state index < -0.39 is 5.41 Å². The van der Waals surface area contributed by atoms with Gasteiger partial charge in [-0.15, -0.1) is 0 Å². The first-order valence-corrected chi connectivity index (χ1v) is 7.14. The zero-order chi connectivity index (χ0) is 14.1. The Morgan fingerprint density at radius 2 is 2.21 bits per heavy atom. The van der Waals surface area contributed by atoms with E-state index in [0.717, 1.165) is 13.1 Å². The van der Waals surface area contributed by atoms with Crippen LogP contribution in [0.5, 0.6) is 0 Å². The molecule has 2 fully saturated rings. The van der Waals surface area contributed by atoms with Crippen LogP contribution in [0.2, 0.25) is 0 Å². The molecule has 2 aliphatic heterocycles. The topological polar surface area (TPSA) is 67.6 Å². The predicted molar refractivity (Wildman–Crippen MR) is 74.7 cm³/mol. The molecule has 0 radical (unpaired) electrons. The van der Waals surface area contributed by atoms with Crippen LogP contribution in [0.3, 0.4) is 0 Å². The van der Waals surface area contributed by atoms with E-state index in [1.807, 2.05) is 0 Å². The van der Waals surface area contributed by atoms with Crippen molar-refractivity contribution in [1.82, 2.24) is 10.2 Å². The van der Waals surface area contributed by atoms with Crippen LogP contribution in [0, 0.1) is 16.7 Å². The molecule has 19 heavy (non-hydrogen) atoms. The zero-order valence-corrected chi connectivity index (χ0v) is 12.4. The second-order valence-electron chi connectivity index (χ2n) is 6.90.